The average Bonchev–Trinajstić information content (AvgIpc) is 3.52. The van der Waals surface area contributed by atoms with E-state index in [0.717, 1.165) is 22.3 Å². The van der Waals surface area contributed by atoms with E-state index < -0.39 is 15.8 Å². The van der Waals surface area contributed by atoms with Crippen LogP contribution in [0.4, 0.5) is 0 Å². The molecule has 2 nitrogen and oxygen atoms in total. The monoisotopic (exact) mass is 1180 g/mol. The summed E-state index contributed by atoms with van der Waals surface area (Å²) in [5.41, 5.74) is 12.4. The third-order valence-electron chi connectivity index (χ3n) is 13.1. The number of hydrogen-bond donors (Lipinski definition) is 0. The fraction of sp³-hybridized carbons (Fsp3) is 0.0789. The van der Waals surface area contributed by atoms with Gasteiger partial charge < -0.3 is 0 Å². The largest absolute Gasteiger partial charge is 0.290 e. The molecule has 10 aromatic carbocycles. The third kappa shape index (κ3) is 19.7. The van der Waals surface area contributed by atoms with E-state index in [0.29, 0.717) is 0 Å². The van der Waals surface area contributed by atoms with Crippen molar-refractivity contribution in [1.82, 2.24) is 0 Å². The molecule has 0 heterocycles. The number of allylic oxidation sites excluding steroid dienone is 4. The number of carbonyl (C=O) groups excluding carboxylic acids is 2. The Morgan fingerprint density at radius 3 is 0.543 bits per heavy atom. The van der Waals surface area contributed by atoms with Gasteiger partial charge in [0.15, 0.2) is 11.6 Å². The van der Waals surface area contributed by atoms with Gasteiger partial charge in [0.2, 0.25) is 0 Å². The minimum atomic E-state index is -0.508. The number of carbonyl (C=O) groups is 2. The Kier molecular flexibility index (Phi) is 25.8. The maximum atomic E-state index is 11.6. The van der Waals surface area contributed by atoms with Crippen molar-refractivity contribution < 1.29 is 30.0 Å². The predicted octanol–water partition coefficient (Wildman–Crippen LogP) is 16.7. The van der Waals surface area contributed by atoms with Crippen LogP contribution in [0.3, 0.4) is 0 Å². The van der Waals surface area contributed by atoms with Crippen molar-refractivity contribution in [1.29, 1.82) is 0 Å². The molecule has 0 unspecified atom stereocenters. The molecule has 0 aliphatic heterocycles. The maximum Gasteiger partial charge on any atom is 0.178 e. The molecular formula is C76H70O2P2Pd. The van der Waals surface area contributed by atoms with E-state index in [1.165, 1.54) is 65.2 Å². The van der Waals surface area contributed by atoms with Gasteiger partial charge in [0.25, 0.3) is 0 Å². The molecule has 0 saturated carbocycles. The summed E-state index contributed by atoms with van der Waals surface area (Å²) >= 11 is 0. The maximum absolute atomic E-state index is 11.6. The van der Waals surface area contributed by atoms with Crippen molar-refractivity contribution in [2.75, 3.05) is 0 Å². The van der Waals surface area contributed by atoms with Crippen LogP contribution < -0.4 is 31.8 Å². The van der Waals surface area contributed by atoms with Gasteiger partial charge in [-0.15, -0.1) is 0 Å². The summed E-state index contributed by atoms with van der Waals surface area (Å²) in [5, 5.41) is 8.76. The van der Waals surface area contributed by atoms with Gasteiger partial charge in [-0.2, -0.15) is 0 Å². The quantitative estimate of drug-likeness (QED) is 0.0618. The summed E-state index contributed by atoms with van der Waals surface area (Å²) in [4.78, 5) is 23.2. The van der Waals surface area contributed by atoms with Crippen molar-refractivity contribution >= 4 is 83.5 Å². The van der Waals surface area contributed by atoms with Gasteiger partial charge in [-0.25, -0.2) is 0 Å². The zero-order valence-electron chi connectivity index (χ0n) is 47.0. The first-order chi connectivity index (χ1) is 39.0. The summed E-state index contributed by atoms with van der Waals surface area (Å²) in [6.45, 7) is 13.3. The molecule has 81 heavy (non-hydrogen) atoms. The van der Waals surface area contributed by atoms with E-state index in [2.05, 4.69) is 187 Å². The molecule has 0 saturated heterocycles. The molecule has 406 valence electrons. The van der Waals surface area contributed by atoms with Crippen molar-refractivity contribution in [3.05, 3.63) is 347 Å². The van der Waals surface area contributed by atoms with Gasteiger partial charge in [0.05, 0.1) is 0 Å². The normalized spacial score (nSPS) is 10.9. The average molecular weight is 1180 g/mol. The molecule has 0 spiro atoms. The second-order valence-electron chi connectivity index (χ2n) is 19.2. The fourth-order valence-electron chi connectivity index (χ4n) is 8.75. The Hall–Kier alpha value is -7.98. The molecule has 10 rings (SSSR count). The molecule has 0 atom stereocenters. The van der Waals surface area contributed by atoms with Crippen molar-refractivity contribution in [2.45, 2.75) is 41.5 Å². The van der Waals surface area contributed by atoms with Gasteiger partial charge in [-0.3, -0.25) is 9.59 Å². The Bertz CT molecular complexity index is 3100. The van der Waals surface area contributed by atoms with E-state index in [1.54, 1.807) is 24.3 Å². The van der Waals surface area contributed by atoms with Crippen LogP contribution in [0.5, 0.6) is 0 Å². The van der Waals surface area contributed by atoms with Crippen LogP contribution in [-0.4, -0.2) is 11.6 Å². The molecule has 0 aliphatic rings. The molecule has 0 aromatic heterocycles. The zero-order valence-corrected chi connectivity index (χ0v) is 50.4. The van der Waals surface area contributed by atoms with E-state index >= 15 is 0 Å². The number of benzene rings is 10. The minimum Gasteiger partial charge on any atom is -0.290 e. The Labute approximate surface area is 498 Å². The Morgan fingerprint density at radius 2 is 0.383 bits per heavy atom. The first-order valence-electron chi connectivity index (χ1n) is 27.0. The second kappa shape index (κ2) is 33.6. The number of hydrogen-bond acceptors (Lipinski definition) is 2. The summed E-state index contributed by atoms with van der Waals surface area (Å²) in [7, 11) is -1.02. The summed E-state index contributed by atoms with van der Waals surface area (Å²) < 4.78 is 0. The number of aryl methyl sites for hydroxylation is 6. The van der Waals surface area contributed by atoms with E-state index in [1.807, 2.05) is 146 Å². The summed E-state index contributed by atoms with van der Waals surface area (Å²) in [6, 6.07) is 91.9. The van der Waals surface area contributed by atoms with E-state index in [9.17, 15) is 9.59 Å². The molecule has 5 heteroatoms. The van der Waals surface area contributed by atoms with Gasteiger partial charge in [0.1, 0.15) is 0 Å². The van der Waals surface area contributed by atoms with Gasteiger partial charge in [-0.05, 0) is 169 Å². The van der Waals surface area contributed by atoms with Gasteiger partial charge in [0, 0.05) is 20.4 Å². The topological polar surface area (TPSA) is 34.1 Å². The van der Waals surface area contributed by atoms with Crippen molar-refractivity contribution in [2.24, 2.45) is 0 Å². The Balaban J connectivity index is 0.000000174. The number of ketones is 2. The fourth-order valence-corrected chi connectivity index (χ4v) is 14.3. The Morgan fingerprint density at radius 1 is 0.235 bits per heavy atom. The second-order valence-corrected chi connectivity index (χ2v) is 23.4. The van der Waals surface area contributed by atoms with Crippen LogP contribution in [0.2, 0.25) is 0 Å². The molecule has 10 aromatic rings. The molecular weight excluding hydrogens is 1110 g/mol. The summed E-state index contributed by atoms with van der Waals surface area (Å²) in [5.74, 6) is -0.0228. The van der Waals surface area contributed by atoms with Crippen molar-refractivity contribution in [3.8, 4) is 0 Å². The first-order valence-corrected chi connectivity index (χ1v) is 29.7. The van der Waals surface area contributed by atoms with Crippen LogP contribution in [0.25, 0.3) is 24.3 Å². The van der Waals surface area contributed by atoms with Crippen LogP contribution in [-0.2, 0) is 30.0 Å². The summed E-state index contributed by atoms with van der Waals surface area (Å²) in [6.07, 6.45) is 13.6. The molecule has 0 radical (unpaired) electrons. The molecule has 0 amide bonds. The molecule has 0 bridgehead atoms. The van der Waals surface area contributed by atoms with Gasteiger partial charge >= 0.3 is 0 Å². The third-order valence-corrected chi connectivity index (χ3v) is 19.0. The first kappa shape index (κ1) is 62.2. The van der Waals surface area contributed by atoms with E-state index in [-0.39, 0.29) is 32.0 Å². The molecule has 0 N–H and O–H groups in total. The predicted molar refractivity (Wildman–Crippen MR) is 351 cm³/mol. The van der Waals surface area contributed by atoms with Crippen LogP contribution in [0, 0.1) is 41.5 Å². The van der Waals surface area contributed by atoms with Gasteiger partial charge in [-0.1, -0.05) is 291 Å². The smallest absolute Gasteiger partial charge is 0.178 e. The molecule has 0 fully saturated rings. The minimum absolute atomic E-state index is 0. The zero-order chi connectivity index (χ0) is 56.3. The van der Waals surface area contributed by atoms with Crippen LogP contribution in [0.1, 0.15) is 55.6 Å². The van der Waals surface area contributed by atoms with Crippen molar-refractivity contribution in [3.63, 3.8) is 0 Å². The van der Waals surface area contributed by atoms with Crippen LogP contribution in [0.15, 0.2) is 291 Å². The molecule has 0 aliphatic carbocycles. The van der Waals surface area contributed by atoms with Crippen LogP contribution >= 0.6 is 15.8 Å². The SMILES string of the molecule is Cc1ccccc1P(c1ccccc1C)c1ccccc1C.Cc1ccccc1P(c1ccccc1C)c1ccccc1C.O=C(C=Cc1ccccc1)C=Cc1ccccc1.O=C(C=Cc1ccccc1)C=Cc1ccccc1.[Pd]. The van der Waals surface area contributed by atoms with E-state index in [4.69, 9.17) is 0 Å². The standard InChI is InChI=1S/2C21H21P.2C17H14O.Pd/c2*1-16-10-4-7-13-19(16)22(20-14-8-5-11-17(20)2)21-15-9-6-12-18(21)3;2*18-17(13-11-15-7-3-1-4-8-15)14-12-16-9-5-2-6-10-16;/h2*4-15H,1-3H3;2*1-14H;. The number of rotatable bonds is 14.